The van der Waals surface area contributed by atoms with E-state index in [1.54, 1.807) is 29.2 Å². The first-order chi connectivity index (χ1) is 14.9. The molecule has 2 atom stereocenters. The van der Waals surface area contributed by atoms with E-state index in [2.05, 4.69) is 5.32 Å². The molecule has 164 valence electrons. The highest BCUT2D eigenvalue weighted by molar-refractivity contribution is 6.00. The van der Waals surface area contributed by atoms with E-state index < -0.39 is 6.04 Å². The number of phenols is 1. The van der Waals surface area contributed by atoms with Gasteiger partial charge in [-0.1, -0.05) is 18.2 Å². The molecule has 31 heavy (non-hydrogen) atoms. The summed E-state index contributed by atoms with van der Waals surface area (Å²) in [6.45, 7) is 3.69. The molecule has 0 aliphatic carbocycles. The fourth-order valence-electron chi connectivity index (χ4n) is 4.57. The number of likely N-dealkylation sites (tertiary alicyclic amines) is 1. The zero-order chi connectivity index (χ0) is 22.0. The fraction of sp³-hybridized carbons (Fsp3) is 0.417. The van der Waals surface area contributed by atoms with Crippen molar-refractivity contribution < 1.29 is 19.1 Å². The molecule has 2 aliphatic heterocycles. The minimum Gasteiger partial charge on any atom is -0.507 e. The van der Waals surface area contributed by atoms with Crippen molar-refractivity contribution in [2.24, 2.45) is 0 Å². The van der Waals surface area contributed by atoms with E-state index in [0.717, 1.165) is 31.4 Å². The van der Waals surface area contributed by atoms with Crippen LogP contribution in [0.2, 0.25) is 0 Å². The van der Waals surface area contributed by atoms with E-state index in [1.165, 1.54) is 12.1 Å². The first-order valence-corrected chi connectivity index (χ1v) is 10.8. The van der Waals surface area contributed by atoms with E-state index in [1.807, 2.05) is 17.9 Å². The van der Waals surface area contributed by atoms with E-state index >= 15 is 0 Å². The number of anilines is 1. The highest BCUT2D eigenvalue weighted by atomic mass is 19.1. The highest BCUT2D eigenvalue weighted by Gasteiger charge is 2.36. The average Bonchev–Trinajstić information content (AvgIpc) is 3.26. The molecule has 0 radical (unpaired) electrons. The molecule has 2 aromatic rings. The number of nitrogens with zero attached hydrogens (tertiary/aromatic N) is 2. The van der Waals surface area contributed by atoms with Crippen molar-refractivity contribution in [1.82, 2.24) is 10.2 Å². The van der Waals surface area contributed by atoms with Gasteiger partial charge in [0.1, 0.15) is 17.6 Å². The summed E-state index contributed by atoms with van der Waals surface area (Å²) in [5, 5.41) is 13.1. The smallest absolute Gasteiger partial charge is 0.258 e. The number of halogens is 1. The second-order valence-corrected chi connectivity index (χ2v) is 8.42. The van der Waals surface area contributed by atoms with Crippen LogP contribution in [0.15, 0.2) is 42.5 Å². The lowest BCUT2D eigenvalue weighted by molar-refractivity contribution is -0.125. The lowest BCUT2D eigenvalue weighted by atomic mass is 10.0. The number of carbonyl (C=O) groups is 2. The van der Waals surface area contributed by atoms with Crippen LogP contribution in [-0.4, -0.2) is 53.5 Å². The molecule has 7 heteroatoms. The molecule has 6 nitrogen and oxygen atoms in total. The van der Waals surface area contributed by atoms with Gasteiger partial charge in [-0.15, -0.1) is 0 Å². The quantitative estimate of drug-likeness (QED) is 0.789. The van der Waals surface area contributed by atoms with Crippen molar-refractivity contribution in [3.05, 3.63) is 59.4 Å². The number of phenolic OH excluding ortho intramolecular Hbond substituents is 1. The Balaban J connectivity index is 1.43. The monoisotopic (exact) mass is 425 g/mol. The molecule has 2 aliphatic rings. The average molecular weight is 426 g/mol. The Morgan fingerprint density at radius 1 is 1.10 bits per heavy atom. The number of piperidine rings is 1. The number of aromatic hydroxyl groups is 1. The standard InChI is InChI=1S/C24H28FN3O3/c1-16-10-11-19(25)21(14-16)27-12-4-6-17(15-27)26-23(30)20-8-5-13-28(20)24(31)18-7-2-3-9-22(18)29/h2-3,7,9-11,14,17,20,29H,4-6,8,12-13,15H2,1H3,(H,26,30). The molecular formula is C24H28FN3O3. The Kier molecular flexibility index (Phi) is 6.11. The number of para-hydroxylation sites is 1. The molecular weight excluding hydrogens is 397 g/mol. The second-order valence-electron chi connectivity index (χ2n) is 8.42. The van der Waals surface area contributed by atoms with Crippen molar-refractivity contribution >= 4 is 17.5 Å². The predicted octanol–water partition coefficient (Wildman–Crippen LogP) is 3.23. The third kappa shape index (κ3) is 4.50. The highest BCUT2D eigenvalue weighted by Crippen LogP contribution is 2.27. The third-order valence-electron chi connectivity index (χ3n) is 6.16. The van der Waals surface area contributed by atoms with Crippen molar-refractivity contribution in [1.29, 1.82) is 0 Å². The van der Waals surface area contributed by atoms with Crippen LogP contribution in [0.3, 0.4) is 0 Å². The number of hydrogen-bond acceptors (Lipinski definition) is 4. The van der Waals surface area contributed by atoms with Gasteiger partial charge in [0.25, 0.3) is 5.91 Å². The van der Waals surface area contributed by atoms with E-state index in [0.29, 0.717) is 25.2 Å². The zero-order valence-corrected chi connectivity index (χ0v) is 17.7. The van der Waals surface area contributed by atoms with Crippen LogP contribution in [-0.2, 0) is 4.79 Å². The van der Waals surface area contributed by atoms with Crippen molar-refractivity contribution in [3.63, 3.8) is 0 Å². The van der Waals surface area contributed by atoms with Crippen LogP contribution in [0.25, 0.3) is 0 Å². The number of carbonyl (C=O) groups excluding carboxylic acids is 2. The summed E-state index contributed by atoms with van der Waals surface area (Å²) in [6, 6.07) is 10.8. The van der Waals surface area contributed by atoms with Crippen LogP contribution in [0, 0.1) is 12.7 Å². The van der Waals surface area contributed by atoms with E-state index in [4.69, 9.17) is 0 Å². The van der Waals surface area contributed by atoms with Gasteiger partial charge in [-0.25, -0.2) is 4.39 Å². The predicted molar refractivity (Wildman–Crippen MR) is 117 cm³/mol. The number of amides is 2. The minimum atomic E-state index is -0.557. The Morgan fingerprint density at radius 3 is 2.68 bits per heavy atom. The maximum absolute atomic E-state index is 14.3. The Bertz CT molecular complexity index is 980. The summed E-state index contributed by atoms with van der Waals surface area (Å²) >= 11 is 0. The van der Waals surface area contributed by atoms with Crippen molar-refractivity contribution in [2.75, 3.05) is 24.5 Å². The number of hydrogen-bond donors (Lipinski definition) is 2. The zero-order valence-electron chi connectivity index (χ0n) is 17.7. The first kappa shape index (κ1) is 21.2. The molecule has 2 heterocycles. The Labute approximate surface area is 181 Å². The van der Waals surface area contributed by atoms with Gasteiger partial charge >= 0.3 is 0 Å². The summed E-state index contributed by atoms with van der Waals surface area (Å²) in [5.41, 5.74) is 1.77. The molecule has 0 bridgehead atoms. The number of nitrogens with one attached hydrogen (secondary N) is 1. The minimum absolute atomic E-state index is 0.0818. The molecule has 2 N–H and O–H groups in total. The number of aryl methyl sites for hydroxylation is 1. The molecule has 2 aromatic carbocycles. The normalized spacial score (nSPS) is 21.2. The van der Waals surface area contributed by atoms with Gasteiger partial charge in [0.15, 0.2) is 0 Å². The van der Waals surface area contributed by atoms with Gasteiger partial charge < -0.3 is 20.2 Å². The van der Waals surface area contributed by atoms with Crippen LogP contribution >= 0.6 is 0 Å². The van der Waals surface area contributed by atoms with Crippen molar-refractivity contribution in [2.45, 2.75) is 44.7 Å². The summed E-state index contributed by atoms with van der Waals surface area (Å²) in [4.78, 5) is 29.5. The van der Waals surface area contributed by atoms with Gasteiger partial charge in [0.05, 0.1) is 11.3 Å². The van der Waals surface area contributed by atoms with Crippen LogP contribution < -0.4 is 10.2 Å². The van der Waals surface area contributed by atoms with Crippen molar-refractivity contribution in [3.8, 4) is 5.75 Å². The maximum Gasteiger partial charge on any atom is 0.258 e. The summed E-state index contributed by atoms with van der Waals surface area (Å²) in [6.07, 6.45) is 3.00. The summed E-state index contributed by atoms with van der Waals surface area (Å²) < 4.78 is 14.3. The topological polar surface area (TPSA) is 72.9 Å². The number of benzene rings is 2. The lowest BCUT2D eigenvalue weighted by Gasteiger charge is -2.36. The molecule has 0 saturated carbocycles. The van der Waals surface area contributed by atoms with Gasteiger partial charge in [-0.2, -0.15) is 0 Å². The Morgan fingerprint density at radius 2 is 1.87 bits per heavy atom. The molecule has 2 unspecified atom stereocenters. The third-order valence-corrected chi connectivity index (χ3v) is 6.16. The molecule has 0 spiro atoms. The summed E-state index contributed by atoms with van der Waals surface area (Å²) in [7, 11) is 0. The molecule has 0 aromatic heterocycles. The van der Waals surface area contributed by atoms with Gasteiger partial charge in [0.2, 0.25) is 5.91 Å². The molecule has 4 rings (SSSR count). The van der Waals surface area contributed by atoms with Gasteiger partial charge in [-0.05, 0) is 62.4 Å². The van der Waals surface area contributed by atoms with Gasteiger partial charge in [0, 0.05) is 25.7 Å². The molecule has 2 amide bonds. The molecule has 2 saturated heterocycles. The maximum atomic E-state index is 14.3. The number of rotatable bonds is 4. The largest absolute Gasteiger partial charge is 0.507 e. The van der Waals surface area contributed by atoms with E-state index in [-0.39, 0.29) is 35.0 Å². The van der Waals surface area contributed by atoms with Gasteiger partial charge in [-0.3, -0.25) is 9.59 Å². The fourth-order valence-corrected chi connectivity index (χ4v) is 4.57. The van der Waals surface area contributed by atoms with Crippen LogP contribution in [0.4, 0.5) is 10.1 Å². The van der Waals surface area contributed by atoms with Crippen LogP contribution in [0.1, 0.15) is 41.6 Å². The first-order valence-electron chi connectivity index (χ1n) is 10.8. The Hall–Kier alpha value is -3.09. The van der Waals surface area contributed by atoms with E-state index in [9.17, 15) is 19.1 Å². The second kappa shape index (κ2) is 8.96. The summed E-state index contributed by atoms with van der Waals surface area (Å²) in [5.74, 6) is -0.852. The van der Waals surface area contributed by atoms with Crippen LogP contribution in [0.5, 0.6) is 5.75 Å². The SMILES string of the molecule is Cc1ccc(F)c(N2CCCC(NC(=O)C3CCCN3C(=O)c3ccccc3O)C2)c1. The lowest BCUT2D eigenvalue weighted by Crippen LogP contribution is -2.53. The molecule has 2 fully saturated rings.